The van der Waals surface area contributed by atoms with Crippen LogP contribution in [0, 0.1) is 20.8 Å². The van der Waals surface area contributed by atoms with Crippen LogP contribution >= 0.6 is 0 Å². The van der Waals surface area contributed by atoms with Crippen molar-refractivity contribution in [3.8, 4) is 0 Å². The molecule has 4 rings (SSSR count). The fourth-order valence-electron chi connectivity index (χ4n) is 4.58. The van der Waals surface area contributed by atoms with Crippen molar-refractivity contribution >= 4 is 16.9 Å². The minimum atomic E-state index is 0.0542. The lowest BCUT2D eigenvalue weighted by Gasteiger charge is -2.37. The average molecular weight is 340 g/mol. The first-order valence-corrected chi connectivity index (χ1v) is 9.59. The van der Waals surface area contributed by atoms with Crippen LogP contribution in [0.2, 0.25) is 0 Å². The topological polar surface area (TPSA) is 36.7 Å². The van der Waals surface area contributed by atoms with Crippen molar-refractivity contribution in [1.29, 1.82) is 0 Å². The number of hydrogen-bond donors (Lipinski definition) is 0. The second-order valence-electron chi connectivity index (χ2n) is 7.73. The molecule has 2 aliphatic rings. The molecule has 0 N–H and O–H groups in total. The van der Waals surface area contributed by atoms with E-state index in [1.54, 1.807) is 0 Å². The number of nitrogens with zero attached hydrogens (tertiary/aromatic N) is 2. The molecule has 1 saturated heterocycles. The fourth-order valence-corrected chi connectivity index (χ4v) is 4.58. The minimum Gasteiger partial charge on any atom is -0.450 e. The predicted octanol–water partition coefficient (Wildman–Crippen LogP) is 4.06. The van der Waals surface area contributed by atoms with Gasteiger partial charge in [-0.1, -0.05) is 25.0 Å². The third-order valence-electron chi connectivity index (χ3n) is 6.12. The zero-order valence-electron chi connectivity index (χ0n) is 15.6. The Balaban J connectivity index is 1.54. The third kappa shape index (κ3) is 2.86. The first-order chi connectivity index (χ1) is 12.1. The van der Waals surface area contributed by atoms with E-state index in [9.17, 15) is 4.79 Å². The number of fused-ring (bicyclic) bond motifs is 1. The average Bonchev–Trinajstić information content (AvgIpc) is 3.27. The molecule has 1 aromatic carbocycles. The van der Waals surface area contributed by atoms with E-state index in [0.717, 1.165) is 54.3 Å². The van der Waals surface area contributed by atoms with E-state index >= 15 is 0 Å². The second-order valence-corrected chi connectivity index (χ2v) is 7.73. The maximum atomic E-state index is 13.1. The number of amides is 1. The van der Waals surface area contributed by atoms with Crippen LogP contribution in [0.15, 0.2) is 16.5 Å². The molecule has 1 aliphatic heterocycles. The quantitative estimate of drug-likeness (QED) is 0.827. The van der Waals surface area contributed by atoms with Crippen LogP contribution in [-0.2, 0) is 0 Å². The SMILES string of the molecule is Cc1ccc(C)c2c(C)c(C(=O)N3CCN(C4CCCC4)CC3)oc12. The molecule has 134 valence electrons. The summed E-state index contributed by atoms with van der Waals surface area (Å²) in [5, 5.41) is 1.10. The summed E-state index contributed by atoms with van der Waals surface area (Å²) in [6.07, 6.45) is 5.38. The van der Waals surface area contributed by atoms with Gasteiger partial charge in [-0.15, -0.1) is 0 Å². The Labute approximate surface area is 149 Å². The second kappa shape index (κ2) is 6.49. The number of piperazine rings is 1. The summed E-state index contributed by atoms with van der Waals surface area (Å²) in [5.41, 5.74) is 4.12. The van der Waals surface area contributed by atoms with E-state index in [-0.39, 0.29) is 5.91 Å². The highest BCUT2D eigenvalue weighted by molar-refractivity contribution is 6.00. The number of hydrogen-bond acceptors (Lipinski definition) is 3. The van der Waals surface area contributed by atoms with Crippen LogP contribution in [0.1, 0.15) is 52.9 Å². The van der Waals surface area contributed by atoms with E-state index in [1.165, 1.54) is 31.2 Å². The monoisotopic (exact) mass is 340 g/mol. The van der Waals surface area contributed by atoms with Crippen LogP contribution in [0.5, 0.6) is 0 Å². The van der Waals surface area contributed by atoms with Gasteiger partial charge in [0.15, 0.2) is 5.76 Å². The number of rotatable bonds is 2. The summed E-state index contributed by atoms with van der Waals surface area (Å²) in [4.78, 5) is 17.6. The molecule has 2 aromatic rings. The molecule has 1 aliphatic carbocycles. The Bertz CT molecular complexity index is 794. The van der Waals surface area contributed by atoms with Gasteiger partial charge in [0.25, 0.3) is 5.91 Å². The molecular formula is C21H28N2O2. The Hall–Kier alpha value is -1.81. The molecule has 0 spiro atoms. The van der Waals surface area contributed by atoms with E-state index < -0.39 is 0 Å². The maximum absolute atomic E-state index is 13.1. The molecule has 0 unspecified atom stereocenters. The Morgan fingerprint density at radius 2 is 1.64 bits per heavy atom. The van der Waals surface area contributed by atoms with Gasteiger partial charge in [-0.3, -0.25) is 9.69 Å². The number of aryl methyl sites for hydroxylation is 3. The van der Waals surface area contributed by atoms with Gasteiger partial charge in [0, 0.05) is 43.2 Å². The number of carbonyl (C=O) groups excluding carboxylic acids is 1. The zero-order valence-corrected chi connectivity index (χ0v) is 15.6. The maximum Gasteiger partial charge on any atom is 0.289 e. The minimum absolute atomic E-state index is 0.0542. The molecule has 1 saturated carbocycles. The summed E-state index contributed by atoms with van der Waals surface area (Å²) in [7, 11) is 0. The first kappa shape index (κ1) is 16.6. The van der Waals surface area contributed by atoms with Crippen molar-refractivity contribution in [3.05, 3.63) is 34.6 Å². The molecule has 4 nitrogen and oxygen atoms in total. The molecule has 2 fully saturated rings. The Morgan fingerprint density at radius 1 is 1.00 bits per heavy atom. The van der Waals surface area contributed by atoms with Crippen LogP contribution < -0.4 is 0 Å². The number of furan rings is 1. The van der Waals surface area contributed by atoms with Crippen molar-refractivity contribution in [3.63, 3.8) is 0 Å². The van der Waals surface area contributed by atoms with Gasteiger partial charge in [0.2, 0.25) is 0 Å². The lowest BCUT2D eigenvalue weighted by atomic mass is 10.0. The molecule has 1 amide bonds. The Morgan fingerprint density at radius 3 is 2.28 bits per heavy atom. The van der Waals surface area contributed by atoms with Crippen LogP contribution in [0.4, 0.5) is 0 Å². The summed E-state index contributed by atoms with van der Waals surface area (Å²) in [6.45, 7) is 9.74. The van der Waals surface area contributed by atoms with Crippen molar-refractivity contribution in [2.45, 2.75) is 52.5 Å². The highest BCUT2D eigenvalue weighted by Crippen LogP contribution is 2.32. The highest BCUT2D eigenvalue weighted by atomic mass is 16.3. The fraction of sp³-hybridized carbons (Fsp3) is 0.571. The summed E-state index contributed by atoms with van der Waals surface area (Å²) < 4.78 is 6.05. The third-order valence-corrected chi connectivity index (χ3v) is 6.12. The molecule has 1 aromatic heterocycles. The number of carbonyl (C=O) groups is 1. The van der Waals surface area contributed by atoms with Crippen molar-refractivity contribution < 1.29 is 9.21 Å². The lowest BCUT2D eigenvalue weighted by Crippen LogP contribution is -2.51. The zero-order chi connectivity index (χ0) is 17.6. The lowest BCUT2D eigenvalue weighted by molar-refractivity contribution is 0.0546. The molecular weight excluding hydrogens is 312 g/mol. The van der Waals surface area contributed by atoms with Crippen LogP contribution in [0.25, 0.3) is 11.0 Å². The van der Waals surface area contributed by atoms with E-state index in [0.29, 0.717) is 5.76 Å². The molecule has 4 heteroatoms. The molecule has 0 radical (unpaired) electrons. The largest absolute Gasteiger partial charge is 0.450 e. The summed E-state index contributed by atoms with van der Waals surface area (Å²) in [6, 6.07) is 4.92. The summed E-state index contributed by atoms with van der Waals surface area (Å²) in [5.74, 6) is 0.584. The first-order valence-electron chi connectivity index (χ1n) is 9.59. The van der Waals surface area contributed by atoms with Gasteiger partial charge in [0.1, 0.15) is 5.58 Å². The van der Waals surface area contributed by atoms with Gasteiger partial charge in [-0.2, -0.15) is 0 Å². The number of benzene rings is 1. The normalized spacial score (nSPS) is 19.9. The predicted molar refractivity (Wildman–Crippen MR) is 100 cm³/mol. The van der Waals surface area contributed by atoms with Crippen LogP contribution in [0.3, 0.4) is 0 Å². The molecule has 0 bridgehead atoms. The van der Waals surface area contributed by atoms with Gasteiger partial charge < -0.3 is 9.32 Å². The van der Waals surface area contributed by atoms with E-state index in [2.05, 4.69) is 24.0 Å². The van der Waals surface area contributed by atoms with Crippen molar-refractivity contribution in [2.24, 2.45) is 0 Å². The van der Waals surface area contributed by atoms with Gasteiger partial charge in [-0.05, 0) is 44.7 Å². The molecule has 0 atom stereocenters. The summed E-state index contributed by atoms with van der Waals surface area (Å²) >= 11 is 0. The van der Waals surface area contributed by atoms with Crippen molar-refractivity contribution in [1.82, 2.24) is 9.80 Å². The van der Waals surface area contributed by atoms with Gasteiger partial charge >= 0.3 is 0 Å². The van der Waals surface area contributed by atoms with Crippen molar-refractivity contribution in [2.75, 3.05) is 26.2 Å². The smallest absolute Gasteiger partial charge is 0.289 e. The molecule has 25 heavy (non-hydrogen) atoms. The molecule has 2 heterocycles. The standard InChI is InChI=1S/C21H28N2O2/c1-14-8-9-15(2)19-18(14)16(3)20(25-19)21(24)23-12-10-22(11-13-23)17-6-4-5-7-17/h8-9,17H,4-7,10-13H2,1-3H3. The van der Waals surface area contributed by atoms with E-state index in [4.69, 9.17) is 4.42 Å². The Kier molecular flexibility index (Phi) is 4.32. The van der Waals surface area contributed by atoms with Gasteiger partial charge in [-0.25, -0.2) is 0 Å². The highest BCUT2D eigenvalue weighted by Gasteiger charge is 2.30. The van der Waals surface area contributed by atoms with Crippen LogP contribution in [-0.4, -0.2) is 47.9 Å². The van der Waals surface area contributed by atoms with Gasteiger partial charge in [0.05, 0.1) is 0 Å². The van der Waals surface area contributed by atoms with E-state index in [1.807, 2.05) is 18.7 Å².